The monoisotopic (exact) mass is 381 g/mol. The lowest BCUT2D eigenvalue weighted by Crippen LogP contribution is -2.45. The van der Waals surface area contributed by atoms with Crippen LogP contribution in [-0.4, -0.2) is 85.7 Å². The zero-order valence-electron chi connectivity index (χ0n) is 14.4. The average Bonchev–Trinajstić information content (AvgIpc) is 3.38. The van der Waals surface area contributed by atoms with Crippen molar-refractivity contribution >= 4 is 11.5 Å². The summed E-state index contributed by atoms with van der Waals surface area (Å²) in [5, 5.41) is 27.9. The SMILES string of the molecule is O[C@H]1CO[C@H](Cn2cc(CN3CCOCC3)nn2)[C@@H]1NCc1csnn1. The van der Waals surface area contributed by atoms with Gasteiger partial charge in [-0.3, -0.25) is 4.90 Å². The summed E-state index contributed by atoms with van der Waals surface area (Å²) < 4.78 is 16.8. The van der Waals surface area contributed by atoms with Crippen molar-refractivity contribution in [1.29, 1.82) is 0 Å². The van der Waals surface area contributed by atoms with Crippen LogP contribution in [0.15, 0.2) is 11.6 Å². The Morgan fingerprint density at radius 1 is 1.27 bits per heavy atom. The van der Waals surface area contributed by atoms with Gasteiger partial charge in [0.1, 0.15) is 0 Å². The van der Waals surface area contributed by atoms with Crippen molar-refractivity contribution in [2.75, 3.05) is 32.9 Å². The van der Waals surface area contributed by atoms with E-state index in [1.54, 1.807) is 4.68 Å². The number of ether oxygens (including phenoxy) is 2. The summed E-state index contributed by atoms with van der Waals surface area (Å²) in [5.74, 6) is 0. The largest absolute Gasteiger partial charge is 0.389 e. The second-order valence-corrected chi connectivity index (χ2v) is 7.17. The van der Waals surface area contributed by atoms with Gasteiger partial charge in [-0.15, -0.1) is 10.2 Å². The van der Waals surface area contributed by atoms with E-state index < -0.39 is 6.10 Å². The van der Waals surface area contributed by atoms with Crippen LogP contribution in [0.3, 0.4) is 0 Å². The Kier molecular flexibility index (Phi) is 5.82. The van der Waals surface area contributed by atoms with E-state index in [1.165, 1.54) is 11.5 Å². The van der Waals surface area contributed by atoms with Gasteiger partial charge in [0.25, 0.3) is 0 Å². The summed E-state index contributed by atoms with van der Waals surface area (Å²) in [6.07, 6.45) is 1.22. The van der Waals surface area contributed by atoms with Crippen LogP contribution in [0.2, 0.25) is 0 Å². The molecule has 0 saturated carbocycles. The highest BCUT2D eigenvalue weighted by Crippen LogP contribution is 2.17. The van der Waals surface area contributed by atoms with E-state index in [1.807, 2.05) is 11.6 Å². The average molecular weight is 381 g/mol. The van der Waals surface area contributed by atoms with E-state index in [2.05, 4.69) is 30.1 Å². The molecular weight excluding hydrogens is 358 g/mol. The van der Waals surface area contributed by atoms with E-state index in [9.17, 15) is 5.11 Å². The van der Waals surface area contributed by atoms with Crippen molar-refractivity contribution < 1.29 is 14.6 Å². The fraction of sp³-hybridized carbons (Fsp3) is 0.733. The molecular formula is C15H23N7O3S. The lowest BCUT2D eigenvalue weighted by Gasteiger charge is -2.25. The number of rotatable bonds is 7. The van der Waals surface area contributed by atoms with Crippen molar-refractivity contribution in [3.05, 3.63) is 23.0 Å². The number of morpholine rings is 1. The van der Waals surface area contributed by atoms with Crippen molar-refractivity contribution in [2.24, 2.45) is 0 Å². The molecule has 0 amide bonds. The Morgan fingerprint density at radius 2 is 2.15 bits per heavy atom. The topological polar surface area (TPSA) is 110 Å². The van der Waals surface area contributed by atoms with Crippen LogP contribution in [0.5, 0.6) is 0 Å². The summed E-state index contributed by atoms with van der Waals surface area (Å²) in [6, 6.07) is -0.177. The van der Waals surface area contributed by atoms with Crippen LogP contribution in [0, 0.1) is 0 Å². The molecule has 26 heavy (non-hydrogen) atoms. The van der Waals surface area contributed by atoms with Gasteiger partial charge in [0.15, 0.2) is 0 Å². The minimum Gasteiger partial charge on any atom is -0.389 e. The number of nitrogens with one attached hydrogen (secondary N) is 1. The molecule has 2 aromatic heterocycles. The summed E-state index contributed by atoms with van der Waals surface area (Å²) in [7, 11) is 0. The highest BCUT2D eigenvalue weighted by atomic mass is 32.1. The van der Waals surface area contributed by atoms with Crippen molar-refractivity contribution in [2.45, 2.75) is 37.9 Å². The lowest BCUT2D eigenvalue weighted by molar-refractivity contribution is 0.0336. The zero-order chi connectivity index (χ0) is 17.8. The minimum absolute atomic E-state index is 0.172. The number of aliphatic hydroxyl groups is 1. The number of aliphatic hydroxyl groups excluding tert-OH is 1. The standard InChI is InChI=1S/C15H23N7O3S/c23-13-9-25-14(15(13)16-5-11-10-26-20-18-11)8-22-7-12(17-19-22)6-21-1-3-24-4-2-21/h7,10,13-16,23H,1-6,8-9H2/t13-,14+,15+/m0/s1. The van der Waals surface area contributed by atoms with Gasteiger partial charge < -0.3 is 19.9 Å². The zero-order valence-corrected chi connectivity index (χ0v) is 15.2. The summed E-state index contributed by atoms with van der Waals surface area (Å²) in [5.41, 5.74) is 1.80. The van der Waals surface area contributed by atoms with E-state index in [4.69, 9.17) is 9.47 Å². The second-order valence-electron chi connectivity index (χ2n) is 6.56. The van der Waals surface area contributed by atoms with Gasteiger partial charge in [-0.2, -0.15) is 0 Å². The summed E-state index contributed by atoms with van der Waals surface area (Å²) >= 11 is 1.31. The number of hydrogen-bond donors (Lipinski definition) is 2. The second kappa shape index (κ2) is 8.46. The molecule has 2 aliphatic heterocycles. The van der Waals surface area contributed by atoms with Gasteiger partial charge in [-0.05, 0) is 11.5 Å². The normalized spacial score (nSPS) is 27.2. The molecule has 0 aliphatic carbocycles. The molecule has 11 heteroatoms. The summed E-state index contributed by atoms with van der Waals surface area (Å²) in [6.45, 7) is 5.55. The Balaban J connectivity index is 1.32. The maximum Gasteiger partial charge on any atom is 0.0967 e. The quantitative estimate of drug-likeness (QED) is 0.616. The molecule has 2 fully saturated rings. The van der Waals surface area contributed by atoms with Crippen LogP contribution in [0.4, 0.5) is 0 Å². The molecule has 0 unspecified atom stereocenters. The Hall–Kier alpha value is -1.50. The first kappa shape index (κ1) is 17.9. The van der Waals surface area contributed by atoms with Crippen LogP contribution in [0.1, 0.15) is 11.4 Å². The smallest absolute Gasteiger partial charge is 0.0967 e. The van der Waals surface area contributed by atoms with Gasteiger partial charge in [-0.1, -0.05) is 9.70 Å². The molecule has 2 N–H and O–H groups in total. The molecule has 2 aliphatic rings. The maximum absolute atomic E-state index is 10.2. The van der Waals surface area contributed by atoms with Crippen molar-refractivity contribution in [3.8, 4) is 0 Å². The lowest BCUT2D eigenvalue weighted by atomic mass is 10.1. The maximum atomic E-state index is 10.2. The third-order valence-electron chi connectivity index (χ3n) is 4.66. The first-order valence-electron chi connectivity index (χ1n) is 8.76. The number of nitrogens with zero attached hydrogens (tertiary/aromatic N) is 6. The van der Waals surface area contributed by atoms with Crippen LogP contribution in [-0.2, 0) is 29.1 Å². The highest BCUT2D eigenvalue weighted by molar-refractivity contribution is 7.03. The fourth-order valence-corrected chi connectivity index (χ4v) is 3.72. The predicted octanol–water partition coefficient (Wildman–Crippen LogP) is -1.12. The molecule has 142 valence electrons. The molecule has 0 spiro atoms. The Morgan fingerprint density at radius 3 is 2.96 bits per heavy atom. The highest BCUT2D eigenvalue weighted by Gasteiger charge is 2.36. The van der Waals surface area contributed by atoms with Gasteiger partial charge in [0.2, 0.25) is 0 Å². The molecule has 10 nitrogen and oxygen atoms in total. The van der Waals surface area contributed by atoms with E-state index >= 15 is 0 Å². The van der Waals surface area contributed by atoms with Crippen LogP contribution in [0.25, 0.3) is 0 Å². The Bertz CT molecular complexity index is 677. The number of hydrogen-bond acceptors (Lipinski definition) is 10. The molecule has 4 rings (SSSR count). The van der Waals surface area contributed by atoms with Crippen LogP contribution >= 0.6 is 11.5 Å². The minimum atomic E-state index is -0.553. The molecule has 2 aromatic rings. The predicted molar refractivity (Wildman–Crippen MR) is 92.4 cm³/mol. The molecule has 4 heterocycles. The third-order valence-corrected chi connectivity index (χ3v) is 5.22. The van der Waals surface area contributed by atoms with Crippen molar-refractivity contribution in [3.63, 3.8) is 0 Å². The van der Waals surface area contributed by atoms with Crippen molar-refractivity contribution in [1.82, 2.24) is 34.8 Å². The number of aromatic nitrogens is 5. The van der Waals surface area contributed by atoms with E-state index in [0.717, 1.165) is 44.2 Å². The van der Waals surface area contributed by atoms with Gasteiger partial charge in [-0.25, -0.2) is 4.68 Å². The fourth-order valence-electron chi connectivity index (χ4n) is 3.27. The summed E-state index contributed by atoms with van der Waals surface area (Å²) in [4.78, 5) is 2.31. The first-order chi connectivity index (χ1) is 12.8. The van der Waals surface area contributed by atoms with Crippen LogP contribution < -0.4 is 5.32 Å². The molecule has 3 atom stereocenters. The van der Waals surface area contributed by atoms with Gasteiger partial charge in [0.05, 0.1) is 56.0 Å². The molecule has 0 bridgehead atoms. The van der Waals surface area contributed by atoms with Gasteiger partial charge in [0, 0.05) is 37.8 Å². The molecule has 0 aromatic carbocycles. The van der Waals surface area contributed by atoms with E-state index in [0.29, 0.717) is 19.7 Å². The molecule has 0 radical (unpaired) electrons. The van der Waals surface area contributed by atoms with E-state index in [-0.39, 0.29) is 12.1 Å². The Labute approximate surface area is 155 Å². The first-order valence-corrected chi connectivity index (χ1v) is 9.59. The van der Waals surface area contributed by atoms with Gasteiger partial charge >= 0.3 is 0 Å². The molecule has 2 saturated heterocycles. The third kappa shape index (κ3) is 4.42.